The van der Waals surface area contributed by atoms with E-state index in [0.717, 1.165) is 43.2 Å². The Morgan fingerprint density at radius 2 is 1.92 bits per heavy atom. The van der Waals surface area contributed by atoms with Gasteiger partial charge in [-0.1, -0.05) is 23.7 Å². The van der Waals surface area contributed by atoms with Crippen molar-refractivity contribution in [3.05, 3.63) is 58.6 Å². The molecule has 1 aliphatic rings. The molecule has 0 radical (unpaired) electrons. The minimum atomic E-state index is 0.227. The van der Waals surface area contributed by atoms with Crippen molar-refractivity contribution in [2.75, 3.05) is 20.2 Å². The van der Waals surface area contributed by atoms with Gasteiger partial charge in [0, 0.05) is 36.4 Å². The van der Waals surface area contributed by atoms with Crippen LogP contribution >= 0.6 is 11.6 Å². The van der Waals surface area contributed by atoms with Gasteiger partial charge in [0.1, 0.15) is 11.5 Å². The van der Waals surface area contributed by atoms with Gasteiger partial charge >= 0.3 is 0 Å². The summed E-state index contributed by atoms with van der Waals surface area (Å²) in [5.74, 6) is 0.946. The van der Waals surface area contributed by atoms with Gasteiger partial charge in [-0.3, -0.25) is 9.89 Å². The molecule has 0 unspecified atom stereocenters. The summed E-state index contributed by atoms with van der Waals surface area (Å²) in [7, 11) is 1.61. The molecule has 1 heterocycles. The predicted octanol–water partition coefficient (Wildman–Crippen LogP) is 4.14. The zero-order valence-electron chi connectivity index (χ0n) is 14.4. The average Bonchev–Trinajstić information content (AvgIpc) is 2.64. The van der Waals surface area contributed by atoms with E-state index in [9.17, 15) is 5.11 Å². The number of hydrogen-bond acceptors (Lipinski definition) is 4. The third-order valence-corrected chi connectivity index (χ3v) is 4.79. The fourth-order valence-electron chi connectivity index (χ4n) is 3.02. The fraction of sp³-hybridized carbons (Fsp3) is 0.350. The van der Waals surface area contributed by atoms with Gasteiger partial charge in [-0.2, -0.15) is 0 Å². The summed E-state index contributed by atoms with van der Waals surface area (Å²) >= 11 is 5.93. The fourth-order valence-corrected chi connectivity index (χ4v) is 3.15. The van der Waals surface area contributed by atoms with Crippen LogP contribution in [0.3, 0.4) is 0 Å². The predicted molar refractivity (Wildman–Crippen MR) is 102 cm³/mol. The van der Waals surface area contributed by atoms with Crippen molar-refractivity contribution in [1.29, 1.82) is 0 Å². The van der Waals surface area contributed by atoms with Gasteiger partial charge in [0.05, 0.1) is 13.2 Å². The Kier molecular flexibility index (Phi) is 5.95. The van der Waals surface area contributed by atoms with Gasteiger partial charge in [-0.15, -0.1) is 0 Å². The third kappa shape index (κ3) is 4.97. The van der Waals surface area contributed by atoms with Crippen molar-refractivity contribution in [3.63, 3.8) is 0 Å². The van der Waals surface area contributed by atoms with Crippen LogP contribution in [0.2, 0.25) is 5.02 Å². The van der Waals surface area contributed by atoms with E-state index in [4.69, 9.17) is 16.3 Å². The molecule has 4 nitrogen and oxygen atoms in total. The first-order valence-corrected chi connectivity index (χ1v) is 8.89. The summed E-state index contributed by atoms with van der Waals surface area (Å²) in [4.78, 5) is 7.10. The largest absolute Gasteiger partial charge is 0.507 e. The summed E-state index contributed by atoms with van der Waals surface area (Å²) in [6, 6.07) is 13.5. The molecule has 5 heteroatoms. The number of phenolic OH excluding ortho intramolecular Hbond substituents is 1. The second-order valence-corrected chi connectivity index (χ2v) is 6.77. The molecule has 1 saturated heterocycles. The van der Waals surface area contributed by atoms with Crippen LogP contribution in [0, 0.1) is 0 Å². The lowest BCUT2D eigenvalue weighted by Crippen LogP contribution is -2.34. The maximum Gasteiger partial charge on any atom is 0.124 e. The molecule has 0 bridgehead atoms. The number of rotatable bonds is 5. The summed E-state index contributed by atoms with van der Waals surface area (Å²) in [6.07, 6.45) is 3.81. The molecule has 1 aliphatic heterocycles. The van der Waals surface area contributed by atoms with E-state index in [1.54, 1.807) is 31.5 Å². The van der Waals surface area contributed by atoms with E-state index in [0.29, 0.717) is 11.6 Å². The molecule has 1 fully saturated rings. The van der Waals surface area contributed by atoms with E-state index in [-0.39, 0.29) is 5.75 Å². The SMILES string of the molecule is COc1ccc(O)c(C=NC2CCN(Cc3ccc(Cl)cc3)CC2)c1. The van der Waals surface area contributed by atoms with E-state index in [1.807, 2.05) is 12.1 Å². The Labute approximate surface area is 153 Å². The molecule has 3 rings (SSSR count). The summed E-state index contributed by atoms with van der Waals surface area (Å²) in [5, 5.41) is 10.7. The third-order valence-electron chi connectivity index (χ3n) is 4.54. The van der Waals surface area contributed by atoms with Gasteiger partial charge in [-0.05, 0) is 48.7 Å². The minimum Gasteiger partial charge on any atom is -0.507 e. The number of piperidine rings is 1. The number of ether oxygens (including phenoxy) is 1. The van der Waals surface area contributed by atoms with Crippen LogP contribution in [0.15, 0.2) is 47.5 Å². The summed E-state index contributed by atoms with van der Waals surface area (Å²) in [5.41, 5.74) is 1.98. The number of aliphatic imine (C=N–C) groups is 1. The average molecular weight is 359 g/mol. The van der Waals surface area contributed by atoms with Gasteiger partial charge in [0.2, 0.25) is 0 Å². The second-order valence-electron chi connectivity index (χ2n) is 6.34. The Balaban J connectivity index is 1.53. The number of benzene rings is 2. The minimum absolute atomic E-state index is 0.227. The number of aromatic hydroxyl groups is 1. The molecule has 1 N–H and O–H groups in total. The van der Waals surface area contributed by atoms with Crippen LogP contribution in [0.1, 0.15) is 24.0 Å². The van der Waals surface area contributed by atoms with Crippen LogP contribution in [-0.4, -0.2) is 42.5 Å². The number of nitrogens with zero attached hydrogens (tertiary/aromatic N) is 2. The molecule has 0 aromatic heterocycles. The number of methoxy groups -OCH3 is 1. The van der Waals surface area contributed by atoms with Crippen LogP contribution in [-0.2, 0) is 6.54 Å². The quantitative estimate of drug-likeness (QED) is 0.817. The first kappa shape index (κ1) is 17.8. The van der Waals surface area contributed by atoms with E-state index in [1.165, 1.54) is 5.56 Å². The highest BCUT2D eigenvalue weighted by atomic mass is 35.5. The zero-order chi connectivity index (χ0) is 17.6. The highest BCUT2D eigenvalue weighted by molar-refractivity contribution is 6.30. The second kappa shape index (κ2) is 8.37. The molecule has 0 atom stereocenters. The van der Waals surface area contributed by atoms with Gasteiger partial charge < -0.3 is 9.84 Å². The van der Waals surface area contributed by atoms with Crippen molar-refractivity contribution in [2.45, 2.75) is 25.4 Å². The number of phenols is 1. The van der Waals surface area contributed by atoms with Crippen molar-refractivity contribution in [3.8, 4) is 11.5 Å². The summed E-state index contributed by atoms with van der Waals surface area (Å²) in [6.45, 7) is 2.99. The van der Waals surface area contributed by atoms with Crippen molar-refractivity contribution in [2.24, 2.45) is 4.99 Å². The lowest BCUT2D eigenvalue weighted by Gasteiger charge is -2.30. The van der Waals surface area contributed by atoms with Crippen molar-refractivity contribution in [1.82, 2.24) is 4.90 Å². The monoisotopic (exact) mass is 358 g/mol. The molecular formula is C20H23ClN2O2. The zero-order valence-corrected chi connectivity index (χ0v) is 15.1. The summed E-state index contributed by atoms with van der Waals surface area (Å²) < 4.78 is 5.19. The van der Waals surface area contributed by atoms with Crippen LogP contribution in [0.5, 0.6) is 11.5 Å². The highest BCUT2D eigenvalue weighted by Gasteiger charge is 2.18. The lowest BCUT2D eigenvalue weighted by molar-refractivity contribution is 0.206. The first-order chi connectivity index (χ1) is 12.1. The smallest absolute Gasteiger partial charge is 0.124 e. The molecule has 25 heavy (non-hydrogen) atoms. The van der Waals surface area contributed by atoms with E-state index >= 15 is 0 Å². The Bertz CT molecular complexity index is 723. The van der Waals surface area contributed by atoms with Crippen LogP contribution in [0.4, 0.5) is 0 Å². The van der Waals surface area contributed by atoms with Gasteiger partial charge in [-0.25, -0.2) is 0 Å². The molecular weight excluding hydrogens is 336 g/mol. The van der Waals surface area contributed by atoms with E-state index < -0.39 is 0 Å². The normalized spacial score (nSPS) is 16.4. The van der Waals surface area contributed by atoms with Gasteiger partial charge in [0.15, 0.2) is 0 Å². The van der Waals surface area contributed by atoms with Gasteiger partial charge in [0.25, 0.3) is 0 Å². The van der Waals surface area contributed by atoms with Crippen LogP contribution in [0.25, 0.3) is 0 Å². The number of halogens is 1. The Morgan fingerprint density at radius 3 is 2.60 bits per heavy atom. The number of hydrogen-bond donors (Lipinski definition) is 1. The lowest BCUT2D eigenvalue weighted by atomic mass is 10.0. The highest BCUT2D eigenvalue weighted by Crippen LogP contribution is 2.22. The molecule has 2 aromatic rings. The molecule has 0 amide bonds. The number of likely N-dealkylation sites (tertiary alicyclic amines) is 1. The van der Waals surface area contributed by atoms with Crippen molar-refractivity contribution < 1.29 is 9.84 Å². The standard InChI is InChI=1S/C20H23ClN2O2/c1-25-19-6-7-20(24)16(12-19)13-22-18-8-10-23(11-9-18)14-15-2-4-17(21)5-3-15/h2-7,12-13,18,24H,8-11,14H2,1H3. The first-order valence-electron chi connectivity index (χ1n) is 8.51. The Hall–Kier alpha value is -2.04. The van der Waals surface area contributed by atoms with Crippen molar-refractivity contribution >= 4 is 17.8 Å². The molecule has 0 saturated carbocycles. The molecule has 0 spiro atoms. The topological polar surface area (TPSA) is 45.1 Å². The Morgan fingerprint density at radius 1 is 1.20 bits per heavy atom. The molecule has 2 aromatic carbocycles. The molecule has 0 aliphatic carbocycles. The maximum atomic E-state index is 9.92. The van der Waals surface area contributed by atoms with Crippen LogP contribution < -0.4 is 4.74 Å². The van der Waals surface area contributed by atoms with E-state index in [2.05, 4.69) is 22.0 Å². The maximum absolute atomic E-state index is 9.92. The molecule has 132 valence electrons.